The van der Waals surface area contributed by atoms with Gasteiger partial charge in [0.1, 0.15) is 36.5 Å². The van der Waals surface area contributed by atoms with E-state index in [2.05, 4.69) is 41.9 Å². The molecule has 0 bridgehead atoms. The molecule has 0 unspecified atom stereocenters. The molecule has 0 radical (unpaired) electrons. The van der Waals surface area contributed by atoms with Crippen LogP contribution in [0, 0.1) is 23.7 Å². The fourth-order valence-electron chi connectivity index (χ4n) is 5.70. The van der Waals surface area contributed by atoms with E-state index in [1.54, 1.807) is 13.8 Å². The molecule has 56 heavy (non-hydrogen) atoms. The van der Waals surface area contributed by atoms with Crippen molar-refractivity contribution < 1.29 is 33.6 Å². The second kappa shape index (κ2) is 26.8. The molecule has 6 atom stereocenters. The zero-order valence-corrected chi connectivity index (χ0v) is 34.8. The summed E-state index contributed by atoms with van der Waals surface area (Å²) in [6.07, 6.45) is 2.55. The van der Waals surface area contributed by atoms with Gasteiger partial charge in [0.2, 0.25) is 35.4 Å². The summed E-state index contributed by atoms with van der Waals surface area (Å²) in [4.78, 5) is 99.6. The summed E-state index contributed by atoms with van der Waals surface area (Å²) in [5, 5.41) is 16.3. The Kier molecular flexibility index (Phi) is 24.4. The van der Waals surface area contributed by atoms with Gasteiger partial charge in [-0.05, 0) is 68.6 Å². The van der Waals surface area contributed by atoms with Crippen LogP contribution in [0.2, 0.25) is 0 Å². The van der Waals surface area contributed by atoms with Gasteiger partial charge in [0.15, 0.2) is 11.9 Å². The number of carbonyl (C=O) groups is 7. The average Bonchev–Trinajstić information content (AvgIpc) is 3.07. The van der Waals surface area contributed by atoms with E-state index in [1.165, 1.54) is 6.92 Å². The number of aldehydes is 1. The lowest BCUT2D eigenvalue weighted by atomic mass is 9.97. The van der Waals surface area contributed by atoms with Crippen molar-refractivity contribution in [1.82, 2.24) is 31.9 Å². The van der Waals surface area contributed by atoms with Crippen LogP contribution in [0.5, 0.6) is 0 Å². The highest BCUT2D eigenvalue weighted by Crippen LogP contribution is 2.13. The van der Waals surface area contributed by atoms with E-state index >= 15 is 0 Å². The Balaban J connectivity index is 6.12. The molecule has 0 aliphatic rings. The highest BCUT2D eigenvalue weighted by molar-refractivity contribution is 5.96. The number of hydrogen-bond acceptors (Lipinski definition) is 9. The molecule has 19 heteroatoms. The van der Waals surface area contributed by atoms with Gasteiger partial charge in [-0.15, -0.1) is 0 Å². The molecule has 19 nitrogen and oxygen atoms in total. The average molecular weight is 795 g/mol. The Morgan fingerprint density at radius 2 is 0.893 bits per heavy atom. The number of amides is 6. The first-order valence-electron chi connectivity index (χ1n) is 19.4. The van der Waals surface area contributed by atoms with Gasteiger partial charge in [0, 0.05) is 20.0 Å². The molecule has 14 N–H and O–H groups in total. The number of guanidine groups is 2. The van der Waals surface area contributed by atoms with E-state index in [4.69, 9.17) is 22.9 Å². The smallest absolute Gasteiger partial charge is 0.243 e. The number of carbonyl (C=O) groups excluding carboxylic acids is 7. The molecule has 0 aromatic carbocycles. The molecular weight excluding hydrogens is 724 g/mol. The molecular formula is C37H70N12O7. The number of aliphatic imine (C=N–C) groups is 2. The maximum absolute atomic E-state index is 13.9. The summed E-state index contributed by atoms with van der Waals surface area (Å²) in [6, 6.07) is -6.05. The predicted octanol–water partition coefficient (Wildman–Crippen LogP) is -0.984. The minimum atomic E-state index is -1.08. The molecule has 320 valence electrons. The van der Waals surface area contributed by atoms with E-state index in [-0.39, 0.29) is 80.8 Å². The molecule has 0 aliphatic heterocycles. The van der Waals surface area contributed by atoms with Gasteiger partial charge in [-0.3, -0.25) is 38.8 Å². The van der Waals surface area contributed by atoms with Crippen LogP contribution in [-0.4, -0.2) is 103 Å². The van der Waals surface area contributed by atoms with Crippen molar-refractivity contribution in [3.63, 3.8) is 0 Å². The summed E-state index contributed by atoms with van der Waals surface area (Å²) in [6.45, 7) is 16.5. The highest BCUT2D eigenvalue weighted by atomic mass is 16.2. The maximum atomic E-state index is 13.9. The lowest BCUT2D eigenvalue weighted by molar-refractivity contribution is -0.136. The summed E-state index contributed by atoms with van der Waals surface area (Å²) < 4.78 is 0. The highest BCUT2D eigenvalue weighted by Gasteiger charge is 2.34. The van der Waals surface area contributed by atoms with Crippen LogP contribution < -0.4 is 54.8 Å². The van der Waals surface area contributed by atoms with Crippen molar-refractivity contribution in [2.75, 3.05) is 13.1 Å². The lowest BCUT2D eigenvalue weighted by Gasteiger charge is -2.29. The Morgan fingerprint density at radius 1 is 0.518 bits per heavy atom. The van der Waals surface area contributed by atoms with Gasteiger partial charge in [-0.2, -0.15) is 0 Å². The normalized spacial score (nSPS) is 14.4. The van der Waals surface area contributed by atoms with Crippen molar-refractivity contribution in [1.29, 1.82) is 0 Å². The van der Waals surface area contributed by atoms with Crippen molar-refractivity contribution in [3.05, 3.63) is 0 Å². The first-order valence-corrected chi connectivity index (χ1v) is 19.4. The molecule has 0 saturated heterocycles. The van der Waals surface area contributed by atoms with Crippen LogP contribution >= 0.6 is 0 Å². The maximum Gasteiger partial charge on any atom is 0.243 e. The minimum Gasteiger partial charge on any atom is -0.370 e. The van der Waals surface area contributed by atoms with E-state index in [0.717, 1.165) is 0 Å². The van der Waals surface area contributed by atoms with E-state index < -0.39 is 71.7 Å². The van der Waals surface area contributed by atoms with Crippen molar-refractivity contribution >= 4 is 53.6 Å². The second-order valence-corrected chi connectivity index (χ2v) is 15.7. The Hall–Kier alpha value is -4.97. The van der Waals surface area contributed by atoms with Crippen molar-refractivity contribution in [2.24, 2.45) is 56.6 Å². The third-order valence-corrected chi connectivity index (χ3v) is 8.37. The van der Waals surface area contributed by atoms with Crippen LogP contribution in [0.15, 0.2) is 9.98 Å². The monoisotopic (exact) mass is 795 g/mol. The number of rotatable bonds is 27. The molecule has 0 rings (SSSR count). The molecule has 0 aliphatic carbocycles. The van der Waals surface area contributed by atoms with E-state index in [9.17, 15) is 33.6 Å². The molecule has 6 amide bonds. The van der Waals surface area contributed by atoms with Crippen LogP contribution in [0.4, 0.5) is 0 Å². The quantitative estimate of drug-likeness (QED) is 0.0208. The van der Waals surface area contributed by atoms with E-state index in [1.807, 2.05) is 41.5 Å². The summed E-state index contributed by atoms with van der Waals surface area (Å²) in [5.74, 6) is -4.15. The zero-order chi connectivity index (χ0) is 43.1. The first kappa shape index (κ1) is 51.0. The van der Waals surface area contributed by atoms with Gasteiger partial charge < -0.3 is 59.6 Å². The van der Waals surface area contributed by atoms with Gasteiger partial charge in [-0.1, -0.05) is 55.4 Å². The standard InChI is InChI=1S/C37H70N12O7/c1-20(2)16-27(46-31(52)26(44-24(9)51)13-11-15-43-37(40)41)32(53)47-28(17-21(3)4)33(54)48-29(18-22(5)6)34(55)49-30(23(7)8)35(56)45-25(19-50)12-10-14-42-36(38)39/h19-23,25-30H,10-18H2,1-9H3,(H,44,51)(H,45,56)(H,46,52)(H,47,53)(H,48,54)(H,49,55)(H4,38,39,42)(H4,40,41,43)/t25-,26-,27-,28-,29-,30-/m0/s1. The van der Waals surface area contributed by atoms with Crippen LogP contribution in [-0.2, 0) is 33.6 Å². The van der Waals surface area contributed by atoms with E-state index in [0.29, 0.717) is 19.1 Å². The second-order valence-electron chi connectivity index (χ2n) is 15.7. The molecule has 0 fully saturated rings. The first-order chi connectivity index (χ1) is 26.1. The Labute approximate surface area is 331 Å². The van der Waals surface area contributed by atoms with Crippen molar-refractivity contribution in [3.8, 4) is 0 Å². The summed E-state index contributed by atoms with van der Waals surface area (Å²) >= 11 is 0. The zero-order valence-electron chi connectivity index (χ0n) is 34.8. The van der Waals surface area contributed by atoms with Gasteiger partial charge in [0.25, 0.3) is 0 Å². The summed E-state index contributed by atoms with van der Waals surface area (Å²) in [7, 11) is 0. The third kappa shape index (κ3) is 22.4. The fourth-order valence-corrected chi connectivity index (χ4v) is 5.70. The predicted molar refractivity (Wildman–Crippen MR) is 216 cm³/mol. The number of nitrogens with two attached hydrogens (primary N) is 4. The van der Waals surface area contributed by atoms with Crippen LogP contribution in [0.3, 0.4) is 0 Å². The lowest BCUT2D eigenvalue weighted by Crippen LogP contribution is -2.60. The van der Waals surface area contributed by atoms with Gasteiger partial charge in [-0.25, -0.2) is 0 Å². The van der Waals surface area contributed by atoms with Gasteiger partial charge >= 0.3 is 0 Å². The largest absolute Gasteiger partial charge is 0.370 e. The van der Waals surface area contributed by atoms with Crippen molar-refractivity contribution in [2.45, 2.75) is 144 Å². The van der Waals surface area contributed by atoms with Gasteiger partial charge in [0.05, 0.1) is 6.04 Å². The molecule has 0 aromatic rings. The third-order valence-electron chi connectivity index (χ3n) is 8.37. The molecule has 0 aromatic heterocycles. The summed E-state index contributed by atoms with van der Waals surface area (Å²) in [5.41, 5.74) is 21.5. The topological polar surface area (TPSA) is 320 Å². The number of nitrogens with zero attached hydrogens (tertiary/aromatic N) is 2. The molecule has 0 heterocycles. The SMILES string of the molecule is CC(=O)N[C@@H](CCCN=C(N)N)C(=O)N[C@@H](CC(C)C)C(=O)N[C@@H](CC(C)C)C(=O)N[C@@H](CC(C)C)C(=O)N[C@H](C(=O)N[C@H](C=O)CCCN=C(N)N)C(C)C. The number of nitrogens with one attached hydrogen (secondary N) is 6. The fraction of sp³-hybridized carbons (Fsp3) is 0.757. The van der Waals surface area contributed by atoms with Crippen LogP contribution in [0.25, 0.3) is 0 Å². The minimum absolute atomic E-state index is 0.0405. The Morgan fingerprint density at radius 3 is 1.23 bits per heavy atom. The molecule has 0 saturated carbocycles. The number of hydrogen-bond donors (Lipinski definition) is 10. The molecule has 0 spiro atoms. The Bertz CT molecular complexity index is 1340. The van der Waals surface area contributed by atoms with Crippen LogP contribution in [0.1, 0.15) is 107 Å².